The molecule has 0 spiro atoms. The number of carboxylic acids is 2. The van der Waals surface area contributed by atoms with Crippen molar-refractivity contribution in [2.45, 2.75) is 11.3 Å². The molecule has 6 N–H and O–H groups in total. The highest BCUT2D eigenvalue weighted by molar-refractivity contribution is 7.80. The molecule has 0 aliphatic carbocycles. The first-order valence-corrected chi connectivity index (χ1v) is 5.18. The number of nitrogens with two attached hydrogens (primary N) is 2. The van der Waals surface area contributed by atoms with Gasteiger partial charge in [-0.1, -0.05) is 0 Å². The van der Waals surface area contributed by atoms with E-state index < -0.39 is 23.3 Å². The van der Waals surface area contributed by atoms with Crippen molar-refractivity contribution < 1.29 is 19.8 Å². The Morgan fingerprint density at radius 2 is 1.25 bits per heavy atom. The Morgan fingerprint density at radius 1 is 1.00 bits per heavy atom. The minimum atomic E-state index is -2.11. The first-order valence-electron chi connectivity index (χ1n) is 3.92. The number of azo groups is 1. The molecule has 0 aromatic heterocycles. The van der Waals surface area contributed by atoms with Crippen LogP contribution in [-0.4, -0.2) is 45.0 Å². The molecule has 10 heteroatoms. The van der Waals surface area contributed by atoms with Crippen molar-refractivity contribution in [1.29, 1.82) is 0 Å². The van der Waals surface area contributed by atoms with Gasteiger partial charge < -0.3 is 10.2 Å². The van der Waals surface area contributed by atoms with Crippen molar-refractivity contribution in [3.05, 3.63) is 0 Å². The third-order valence-electron chi connectivity index (χ3n) is 1.63. The molecule has 0 heterocycles. The van der Waals surface area contributed by atoms with Gasteiger partial charge in [-0.05, 0) is 0 Å². The molecule has 92 valence electrons. The van der Waals surface area contributed by atoms with Crippen molar-refractivity contribution in [2.24, 2.45) is 21.7 Å². The number of hydrogen-bond donors (Lipinski definition) is 6. The van der Waals surface area contributed by atoms with Crippen molar-refractivity contribution in [3.8, 4) is 0 Å². The van der Waals surface area contributed by atoms with Crippen molar-refractivity contribution in [1.82, 2.24) is 0 Å². The predicted molar refractivity (Wildman–Crippen MR) is 61.7 cm³/mol. The molecule has 8 nitrogen and oxygen atoms in total. The summed E-state index contributed by atoms with van der Waals surface area (Å²) in [6.07, 6.45) is 0. The summed E-state index contributed by atoms with van der Waals surface area (Å²) in [5, 5.41) is 23.8. The molecule has 0 radical (unpaired) electrons. The molecule has 0 aliphatic heterocycles. The van der Waals surface area contributed by atoms with E-state index in [0.717, 1.165) is 0 Å². The summed E-state index contributed by atoms with van der Waals surface area (Å²) in [6.45, 7) is 0. The lowest BCUT2D eigenvalue weighted by Gasteiger charge is -2.20. The molecule has 0 aromatic carbocycles. The Kier molecular flexibility index (Phi) is 5.19. The lowest BCUT2D eigenvalue weighted by molar-refractivity contribution is -0.144. The van der Waals surface area contributed by atoms with E-state index in [1.807, 2.05) is 0 Å². The smallest absolute Gasteiger partial charge is 0.349 e. The van der Waals surface area contributed by atoms with E-state index in [-0.39, 0.29) is 11.5 Å². The summed E-state index contributed by atoms with van der Waals surface area (Å²) in [5.41, 5.74) is 6.37. The molecule has 16 heavy (non-hydrogen) atoms. The highest BCUT2D eigenvalue weighted by Crippen LogP contribution is 2.12. The van der Waals surface area contributed by atoms with Crippen LogP contribution in [0.3, 0.4) is 0 Å². The van der Waals surface area contributed by atoms with Gasteiger partial charge in [-0.15, -0.1) is 0 Å². The fourth-order valence-corrected chi connectivity index (χ4v) is 0.860. The van der Waals surface area contributed by atoms with E-state index in [2.05, 4.69) is 35.5 Å². The highest BCUT2D eigenvalue weighted by Gasteiger charge is 2.37. The zero-order chi connectivity index (χ0) is 13.0. The number of carboxylic acid groups (broad SMARTS) is 2. The summed E-state index contributed by atoms with van der Waals surface area (Å²) in [5.74, 6) is -3.68. The number of thiol groups is 2. The van der Waals surface area contributed by atoms with Crippen molar-refractivity contribution in [3.63, 3.8) is 0 Å². The Morgan fingerprint density at radius 3 is 1.38 bits per heavy atom. The van der Waals surface area contributed by atoms with E-state index in [9.17, 15) is 9.59 Å². The third-order valence-corrected chi connectivity index (χ3v) is 2.59. The largest absolute Gasteiger partial charge is 0.478 e. The second kappa shape index (κ2) is 5.48. The molecule has 0 amide bonds. The standard InChI is InChI=1S/C6H12N4O4S2/c7-5(1-15,3(11)12)9-10-6(8,2-16)4(13)14/h15-16H,1-2,7-8H2,(H,11,12)(H,13,14)/b10-9+. The van der Waals surface area contributed by atoms with Gasteiger partial charge in [0, 0.05) is 11.5 Å². The van der Waals surface area contributed by atoms with Crippen molar-refractivity contribution >= 4 is 37.2 Å². The van der Waals surface area contributed by atoms with Crippen LogP contribution in [0.2, 0.25) is 0 Å². The molecule has 0 fully saturated rings. The summed E-state index contributed by atoms with van der Waals surface area (Å²) >= 11 is 7.37. The van der Waals surface area contributed by atoms with E-state index in [0.29, 0.717) is 0 Å². The fraction of sp³-hybridized carbons (Fsp3) is 0.667. The first kappa shape index (κ1) is 15.2. The van der Waals surface area contributed by atoms with Crippen LogP contribution in [0.25, 0.3) is 0 Å². The molecular formula is C6H12N4O4S2. The van der Waals surface area contributed by atoms with Crippen LogP contribution in [0.15, 0.2) is 10.2 Å². The zero-order valence-electron chi connectivity index (χ0n) is 8.07. The molecule has 2 atom stereocenters. The maximum Gasteiger partial charge on any atom is 0.349 e. The number of hydrogen-bond acceptors (Lipinski definition) is 8. The Labute approximate surface area is 102 Å². The van der Waals surface area contributed by atoms with Gasteiger partial charge in [0.1, 0.15) is 0 Å². The average Bonchev–Trinajstić information content (AvgIpc) is 2.24. The SMILES string of the molecule is NC(CS)(/N=N/C(N)(CS)C(=O)O)C(=O)O. The van der Waals surface area contributed by atoms with Gasteiger partial charge in [-0.25, -0.2) is 9.59 Å². The second-order valence-corrected chi connectivity index (χ2v) is 3.61. The Balaban J connectivity index is 5.07. The minimum Gasteiger partial charge on any atom is -0.478 e. The normalized spacial score (nSPS) is 19.0. The van der Waals surface area contributed by atoms with Crippen LogP contribution in [0, 0.1) is 0 Å². The summed E-state index contributed by atoms with van der Waals surface area (Å²) < 4.78 is 0. The van der Waals surface area contributed by atoms with Gasteiger partial charge >= 0.3 is 11.9 Å². The van der Waals surface area contributed by atoms with E-state index in [1.54, 1.807) is 0 Å². The van der Waals surface area contributed by atoms with Crippen LogP contribution in [0.1, 0.15) is 0 Å². The molecule has 0 saturated heterocycles. The van der Waals surface area contributed by atoms with Gasteiger partial charge in [-0.2, -0.15) is 35.5 Å². The summed E-state index contributed by atoms with van der Waals surface area (Å²) in [6, 6.07) is 0. The number of aliphatic carboxylic acids is 2. The maximum atomic E-state index is 10.7. The lowest BCUT2D eigenvalue weighted by Crippen LogP contribution is -2.51. The molecule has 0 aromatic rings. The summed E-state index contributed by atoms with van der Waals surface area (Å²) in [7, 11) is 0. The van der Waals surface area contributed by atoms with Gasteiger partial charge in [0.05, 0.1) is 0 Å². The summed E-state index contributed by atoms with van der Waals surface area (Å²) in [4.78, 5) is 21.4. The van der Waals surface area contributed by atoms with E-state index >= 15 is 0 Å². The van der Waals surface area contributed by atoms with Gasteiger partial charge in [0.25, 0.3) is 0 Å². The molecule has 0 aliphatic rings. The van der Waals surface area contributed by atoms with Crippen LogP contribution in [0.4, 0.5) is 0 Å². The zero-order valence-corrected chi connectivity index (χ0v) is 9.86. The monoisotopic (exact) mass is 268 g/mol. The fourth-order valence-electron chi connectivity index (χ4n) is 0.462. The average molecular weight is 268 g/mol. The van der Waals surface area contributed by atoms with Gasteiger partial charge in [-0.3, -0.25) is 11.5 Å². The predicted octanol–water partition coefficient (Wildman–Crippen LogP) is -1.22. The van der Waals surface area contributed by atoms with E-state index in [4.69, 9.17) is 21.7 Å². The lowest BCUT2D eigenvalue weighted by atomic mass is 10.2. The topological polar surface area (TPSA) is 151 Å². The van der Waals surface area contributed by atoms with Crippen LogP contribution in [-0.2, 0) is 9.59 Å². The Bertz CT molecular complexity index is 296. The van der Waals surface area contributed by atoms with Gasteiger partial charge in [0.2, 0.25) is 11.3 Å². The first-order chi connectivity index (χ1) is 7.22. The van der Waals surface area contributed by atoms with Crippen molar-refractivity contribution in [2.75, 3.05) is 11.5 Å². The molecular weight excluding hydrogens is 256 g/mol. The molecule has 0 rings (SSSR count). The van der Waals surface area contributed by atoms with Crippen LogP contribution in [0.5, 0.6) is 0 Å². The Hall–Kier alpha value is -0.840. The van der Waals surface area contributed by atoms with E-state index in [1.165, 1.54) is 0 Å². The second-order valence-electron chi connectivity index (χ2n) is 2.98. The van der Waals surface area contributed by atoms with Crippen LogP contribution >= 0.6 is 25.3 Å². The molecule has 2 unspecified atom stereocenters. The minimum absolute atomic E-state index is 0.353. The van der Waals surface area contributed by atoms with Crippen LogP contribution < -0.4 is 11.5 Å². The number of nitrogens with zero attached hydrogens (tertiary/aromatic N) is 2. The third kappa shape index (κ3) is 3.33. The van der Waals surface area contributed by atoms with Gasteiger partial charge in [0.15, 0.2) is 0 Å². The highest BCUT2D eigenvalue weighted by atomic mass is 32.1. The quantitative estimate of drug-likeness (QED) is 0.262. The maximum absolute atomic E-state index is 10.7. The number of carbonyl (C=O) groups is 2. The molecule has 0 bridgehead atoms. The molecule has 0 saturated carbocycles. The number of rotatable bonds is 6.